The van der Waals surface area contributed by atoms with Crippen molar-refractivity contribution >= 4 is 9.84 Å². The molecule has 2 rings (SSSR count). The first-order chi connectivity index (χ1) is 12.3. The summed E-state index contributed by atoms with van der Waals surface area (Å²) < 4.78 is 37.6. The molecule has 0 saturated heterocycles. The van der Waals surface area contributed by atoms with Gasteiger partial charge in [-0.1, -0.05) is 26.7 Å². The standard InChI is InChI=1S/C19H31NO5S/c1-5-9-10-19(6-2)14-26(22,23)18-12-17(25-8-4)16(24-7-3)11-15(18)13-20(19)21/h11-12,21H,5-10,13-14H2,1-4H3/t19-/m1/s1. The number of rotatable bonds is 8. The Hall–Kier alpha value is -1.31. The molecule has 0 radical (unpaired) electrons. The van der Waals surface area contributed by atoms with Gasteiger partial charge in [0.05, 0.1) is 35.9 Å². The molecule has 7 heteroatoms. The molecule has 148 valence electrons. The maximum Gasteiger partial charge on any atom is 0.180 e. The monoisotopic (exact) mass is 385 g/mol. The highest BCUT2D eigenvalue weighted by Crippen LogP contribution is 2.40. The maximum absolute atomic E-state index is 13.2. The van der Waals surface area contributed by atoms with E-state index >= 15 is 0 Å². The zero-order valence-corrected chi connectivity index (χ0v) is 17.1. The lowest BCUT2D eigenvalue weighted by atomic mass is 9.91. The van der Waals surface area contributed by atoms with Crippen LogP contribution in [-0.4, -0.2) is 43.2 Å². The molecule has 1 N–H and O–H groups in total. The van der Waals surface area contributed by atoms with Crippen LogP contribution in [0.1, 0.15) is 58.9 Å². The molecule has 0 fully saturated rings. The van der Waals surface area contributed by atoms with E-state index < -0.39 is 15.4 Å². The summed E-state index contributed by atoms with van der Waals surface area (Å²) in [5, 5.41) is 12.0. The first-order valence-electron chi connectivity index (χ1n) is 9.45. The van der Waals surface area contributed by atoms with Crippen molar-refractivity contribution in [1.29, 1.82) is 0 Å². The van der Waals surface area contributed by atoms with Crippen LogP contribution in [0.2, 0.25) is 0 Å². The van der Waals surface area contributed by atoms with Gasteiger partial charge in [0, 0.05) is 6.07 Å². The topological polar surface area (TPSA) is 76.1 Å². The van der Waals surface area contributed by atoms with Crippen LogP contribution in [0.4, 0.5) is 0 Å². The fourth-order valence-corrected chi connectivity index (χ4v) is 5.71. The number of hydroxylamine groups is 2. The van der Waals surface area contributed by atoms with E-state index in [9.17, 15) is 13.6 Å². The van der Waals surface area contributed by atoms with E-state index in [2.05, 4.69) is 6.92 Å². The Morgan fingerprint density at radius 2 is 1.73 bits per heavy atom. The van der Waals surface area contributed by atoms with Crippen molar-refractivity contribution in [2.75, 3.05) is 19.0 Å². The average molecular weight is 386 g/mol. The second-order valence-corrected chi connectivity index (χ2v) is 8.73. The van der Waals surface area contributed by atoms with E-state index in [0.717, 1.165) is 12.8 Å². The Kier molecular flexibility index (Phi) is 6.93. The third-order valence-electron chi connectivity index (χ3n) is 5.04. The number of hydrogen-bond acceptors (Lipinski definition) is 6. The summed E-state index contributed by atoms with van der Waals surface area (Å²) >= 11 is 0. The van der Waals surface area contributed by atoms with Crippen molar-refractivity contribution in [3.05, 3.63) is 17.7 Å². The second-order valence-electron chi connectivity index (χ2n) is 6.77. The van der Waals surface area contributed by atoms with Gasteiger partial charge in [-0.15, -0.1) is 0 Å². The molecule has 0 spiro atoms. The van der Waals surface area contributed by atoms with Gasteiger partial charge >= 0.3 is 0 Å². The predicted molar refractivity (Wildman–Crippen MR) is 101 cm³/mol. The molecule has 1 aliphatic rings. The highest BCUT2D eigenvalue weighted by molar-refractivity contribution is 7.91. The lowest BCUT2D eigenvalue weighted by Gasteiger charge is -2.37. The third kappa shape index (κ3) is 4.15. The van der Waals surface area contributed by atoms with E-state index in [1.165, 1.54) is 5.06 Å². The van der Waals surface area contributed by atoms with Crippen LogP contribution in [0.3, 0.4) is 0 Å². The van der Waals surface area contributed by atoms with Gasteiger partial charge in [-0.05, 0) is 38.3 Å². The minimum Gasteiger partial charge on any atom is -0.490 e. The van der Waals surface area contributed by atoms with Gasteiger partial charge in [-0.3, -0.25) is 0 Å². The van der Waals surface area contributed by atoms with Gasteiger partial charge in [0.15, 0.2) is 21.3 Å². The molecule has 0 bridgehead atoms. The molecular weight excluding hydrogens is 354 g/mol. The predicted octanol–water partition coefficient (Wildman–Crippen LogP) is 3.80. The Bertz CT molecular complexity index is 719. The molecule has 26 heavy (non-hydrogen) atoms. The molecule has 0 unspecified atom stereocenters. The van der Waals surface area contributed by atoms with E-state index in [0.29, 0.717) is 43.1 Å². The fraction of sp³-hybridized carbons (Fsp3) is 0.684. The second kappa shape index (κ2) is 8.59. The number of fused-ring (bicyclic) bond motifs is 1. The van der Waals surface area contributed by atoms with Crippen molar-refractivity contribution in [3.8, 4) is 11.5 Å². The highest BCUT2D eigenvalue weighted by atomic mass is 32.2. The minimum absolute atomic E-state index is 0.0977. The SMILES string of the molecule is CCCC[C@]1(CC)CS(=O)(=O)c2cc(OCC)c(OCC)cc2CN1O. The number of sulfone groups is 1. The van der Waals surface area contributed by atoms with Crippen molar-refractivity contribution in [2.24, 2.45) is 0 Å². The average Bonchev–Trinajstić information content (AvgIpc) is 2.67. The van der Waals surface area contributed by atoms with E-state index in [1.807, 2.05) is 20.8 Å². The van der Waals surface area contributed by atoms with Crippen LogP contribution in [0.15, 0.2) is 17.0 Å². The zero-order chi connectivity index (χ0) is 19.4. The number of ether oxygens (including phenoxy) is 2. The number of nitrogens with zero attached hydrogens (tertiary/aromatic N) is 1. The summed E-state index contributed by atoms with van der Waals surface area (Å²) in [7, 11) is -3.57. The largest absolute Gasteiger partial charge is 0.490 e. The zero-order valence-electron chi connectivity index (χ0n) is 16.2. The van der Waals surface area contributed by atoms with Gasteiger partial charge in [-0.2, -0.15) is 5.06 Å². The molecule has 0 saturated carbocycles. The minimum atomic E-state index is -3.57. The van der Waals surface area contributed by atoms with Crippen molar-refractivity contribution < 1.29 is 23.1 Å². The van der Waals surface area contributed by atoms with Crippen LogP contribution in [0.25, 0.3) is 0 Å². The Labute approximate surface area is 157 Å². The quantitative estimate of drug-likeness (QED) is 0.733. The van der Waals surface area contributed by atoms with Crippen LogP contribution in [-0.2, 0) is 16.4 Å². The van der Waals surface area contributed by atoms with Gasteiger partial charge in [0.1, 0.15) is 0 Å². The lowest BCUT2D eigenvalue weighted by molar-refractivity contribution is -0.178. The molecule has 1 aromatic carbocycles. The summed E-state index contributed by atoms with van der Waals surface area (Å²) in [4.78, 5) is 0.232. The normalized spacial score (nSPS) is 22.5. The van der Waals surface area contributed by atoms with E-state index in [-0.39, 0.29) is 17.2 Å². The number of hydrogen-bond donors (Lipinski definition) is 1. The van der Waals surface area contributed by atoms with E-state index in [1.54, 1.807) is 12.1 Å². The Morgan fingerprint density at radius 3 is 2.27 bits per heavy atom. The van der Waals surface area contributed by atoms with Crippen molar-refractivity contribution in [1.82, 2.24) is 5.06 Å². The summed E-state index contributed by atoms with van der Waals surface area (Å²) in [6.07, 6.45) is 3.02. The molecular formula is C19H31NO5S. The molecule has 6 nitrogen and oxygen atoms in total. The molecule has 0 amide bonds. The van der Waals surface area contributed by atoms with Gasteiger partial charge < -0.3 is 14.7 Å². The summed E-state index contributed by atoms with van der Waals surface area (Å²) in [6.45, 7) is 8.72. The van der Waals surface area contributed by atoms with Gasteiger partial charge in [0.25, 0.3) is 0 Å². The Balaban J connectivity index is 2.56. The van der Waals surface area contributed by atoms with Crippen LogP contribution in [0, 0.1) is 0 Å². The van der Waals surface area contributed by atoms with Gasteiger partial charge in [0.2, 0.25) is 0 Å². The summed E-state index contributed by atoms with van der Waals surface area (Å²) in [6, 6.07) is 3.24. The highest BCUT2D eigenvalue weighted by Gasteiger charge is 2.43. The summed E-state index contributed by atoms with van der Waals surface area (Å²) in [5.41, 5.74) is -0.225. The first kappa shape index (κ1) is 21.0. The molecule has 0 aliphatic carbocycles. The fourth-order valence-electron chi connectivity index (χ4n) is 3.54. The van der Waals surface area contributed by atoms with Gasteiger partial charge in [-0.25, -0.2) is 8.42 Å². The molecule has 1 aromatic rings. The maximum atomic E-state index is 13.2. The molecule has 1 aliphatic heterocycles. The third-order valence-corrected chi connectivity index (χ3v) is 7.01. The lowest BCUT2D eigenvalue weighted by Crippen LogP contribution is -2.49. The Morgan fingerprint density at radius 1 is 1.12 bits per heavy atom. The molecule has 1 atom stereocenters. The molecule has 1 heterocycles. The smallest absolute Gasteiger partial charge is 0.180 e. The number of unbranched alkanes of at least 4 members (excludes halogenated alkanes) is 1. The van der Waals surface area contributed by atoms with Crippen molar-refractivity contribution in [2.45, 2.75) is 70.4 Å². The summed E-state index contributed by atoms with van der Waals surface area (Å²) in [5.74, 6) is 0.840. The van der Waals surface area contributed by atoms with Crippen LogP contribution in [0.5, 0.6) is 11.5 Å². The first-order valence-corrected chi connectivity index (χ1v) is 11.1. The van der Waals surface area contributed by atoms with Crippen LogP contribution < -0.4 is 9.47 Å². The van der Waals surface area contributed by atoms with Crippen LogP contribution >= 0.6 is 0 Å². The number of benzene rings is 1. The molecule has 0 aromatic heterocycles. The van der Waals surface area contributed by atoms with Crippen molar-refractivity contribution in [3.63, 3.8) is 0 Å². The van der Waals surface area contributed by atoms with E-state index in [4.69, 9.17) is 9.47 Å².